The molecule has 0 amide bonds. The van der Waals surface area contributed by atoms with Crippen molar-refractivity contribution in [2.24, 2.45) is 0 Å². The molecule has 0 heterocycles. The van der Waals surface area contributed by atoms with Crippen molar-refractivity contribution in [2.45, 2.75) is 13.1 Å². The van der Waals surface area contributed by atoms with E-state index in [9.17, 15) is 13.2 Å². The van der Waals surface area contributed by atoms with Crippen molar-refractivity contribution >= 4 is 11.6 Å². The van der Waals surface area contributed by atoms with Gasteiger partial charge in [0.05, 0.1) is 5.56 Å². The van der Waals surface area contributed by atoms with Gasteiger partial charge in [0.25, 0.3) is 0 Å². The number of aryl methyl sites for hydroxylation is 1. The summed E-state index contributed by atoms with van der Waals surface area (Å²) in [6, 6.07) is 18.2. The lowest BCUT2D eigenvalue weighted by Crippen LogP contribution is -2.07. The van der Waals surface area contributed by atoms with Gasteiger partial charge in [0, 0.05) is 10.6 Å². The molecule has 0 aromatic heterocycles. The van der Waals surface area contributed by atoms with Crippen LogP contribution in [-0.2, 0) is 6.18 Å². The molecule has 0 aliphatic rings. The maximum absolute atomic E-state index is 13.6. The fourth-order valence-electron chi connectivity index (χ4n) is 2.67. The van der Waals surface area contributed by atoms with Gasteiger partial charge in [-0.1, -0.05) is 66.2 Å². The minimum absolute atomic E-state index is 0.162. The van der Waals surface area contributed by atoms with Crippen LogP contribution in [0.4, 0.5) is 13.2 Å². The number of rotatable bonds is 2. The maximum atomic E-state index is 13.6. The van der Waals surface area contributed by atoms with E-state index < -0.39 is 11.7 Å². The molecule has 4 heteroatoms. The Labute approximate surface area is 143 Å². The minimum atomic E-state index is -4.45. The average Bonchev–Trinajstić information content (AvgIpc) is 2.54. The molecule has 0 radical (unpaired) electrons. The monoisotopic (exact) mass is 346 g/mol. The summed E-state index contributed by atoms with van der Waals surface area (Å²) in [7, 11) is 0. The van der Waals surface area contributed by atoms with E-state index >= 15 is 0 Å². The number of alkyl halides is 3. The van der Waals surface area contributed by atoms with E-state index in [2.05, 4.69) is 0 Å². The van der Waals surface area contributed by atoms with Crippen LogP contribution < -0.4 is 0 Å². The van der Waals surface area contributed by atoms with Gasteiger partial charge in [-0.25, -0.2) is 0 Å². The van der Waals surface area contributed by atoms with Crippen molar-refractivity contribution in [1.82, 2.24) is 0 Å². The second-order valence-electron chi connectivity index (χ2n) is 5.61. The molecule has 24 heavy (non-hydrogen) atoms. The molecule has 0 unspecified atom stereocenters. The highest BCUT2D eigenvalue weighted by molar-refractivity contribution is 6.33. The van der Waals surface area contributed by atoms with E-state index in [1.54, 1.807) is 48.5 Å². The van der Waals surface area contributed by atoms with E-state index in [-0.39, 0.29) is 5.56 Å². The number of benzene rings is 3. The van der Waals surface area contributed by atoms with Crippen molar-refractivity contribution in [3.63, 3.8) is 0 Å². The Balaban J connectivity index is 2.19. The van der Waals surface area contributed by atoms with Gasteiger partial charge < -0.3 is 0 Å². The van der Waals surface area contributed by atoms with Gasteiger partial charge in [-0.3, -0.25) is 0 Å². The number of hydrogen-bond donors (Lipinski definition) is 0. The third kappa shape index (κ3) is 3.31. The van der Waals surface area contributed by atoms with Gasteiger partial charge >= 0.3 is 6.18 Å². The van der Waals surface area contributed by atoms with Gasteiger partial charge in [-0.05, 0) is 41.3 Å². The molecule has 0 nitrogen and oxygen atoms in total. The van der Waals surface area contributed by atoms with Crippen LogP contribution in [0.1, 0.15) is 11.1 Å². The van der Waals surface area contributed by atoms with E-state index in [1.807, 2.05) is 13.0 Å². The lowest BCUT2D eigenvalue weighted by Gasteiger charge is -2.15. The van der Waals surface area contributed by atoms with Crippen LogP contribution in [0.5, 0.6) is 0 Å². The molecule has 0 aliphatic heterocycles. The molecule has 3 aromatic carbocycles. The molecular weight excluding hydrogens is 333 g/mol. The van der Waals surface area contributed by atoms with Crippen LogP contribution in [0.3, 0.4) is 0 Å². The first-order chi connectivity index (χ1) is 11.4. The predicted octanol–water partition coefficient (Wildman–Crippen LogP) is 7.00. The number of halogens is 4. The molecule has 0 spiro atoms. The van der Waals surface area contributed by atoms with Crippen molar-refractivity contribution in [3.8, 4) is 22.3 Å². The van der Waals surface area contributed by atoms with Crippen LogP contribution in [0.25, 0.3) is 22.3 Å². The van der Waals surface area contributed by atoms with Gasteiger partial charge in [-0.2, -0.15) is 13.2 Å². The SMILES string of the molecule is Cc1ccc(-c2ccc(-c3ccccc3)c(C(F)(F)F)c2)c(Cl)c1. The first-order valence-electron chi connectivity index (χ1n) is 7.39. The minimum Gasteiger partial charge on any atom is -0.166 e. The lowest BCUT2D eigenvalue weighted by molar-refractivity contribution is -0.137. The highest BCUT2D eigenvalue weighted by Crippen LogP contribution is 2.40. The molecule has 0 bridgehead atoms. The molecule has 3 rings (SSSR count). The largest absolute Gasteiger partial charge is 0.417 e. The normalized spacial score (nSPS) is 11.5. The van der Waals surface area contributed by atoms with Crippen LogP contribution in [0.2, 0.25) is 5.02 Å². The highest BCUT2D eigenvalue weighted by atomic mass is 35.5. The summed E-state index contributed by atoms with van der Waals surface area (Å²) in [4.78, 5) is 0. The second-order valence-corrected chi connectivity index (χ2v) is 6.01. The molecule has 3 aromatic rings. The Morgan fingerprint density at radius 1 is 0.750 bits per heavy atom. The first-order valence-corrected chi connectivity index (χ1v) is 7.77. The fraction of sp³-hybridized carbons (Fsp3) is 0.100. The molecule has 0 N–H and O–H groups in total. The zero-order chi connectivity index (χ0) is 17.3. The van der Waals surface area contributed by atoms with Crippen LogP contribution in [0.15, 0.2) is 66.7 Å². The summed E-state index contributed by atoms with van der Waals surface area (Å²) in [5.41, 5.74) is 2.03. The van der Waals surface area contributed by atoms with Crippen LogP contribution >= 0.6 is 11.6 Å². The lowest BCUT2D eigenvalue weighted by atomic mass is 9.94. The molecule has 0 aliphatic carbocycles. The Morgan fingerprint density at radius 3 is 2.04 bits per heavy atom. The summed E-state index contributed by atoms with van der Waals surface area (Å²) in [6.45, 7) is 1.88. The first kappa shape index (κ1) is 16.6. The van der Waals surface area contributed by atoms with E-state index in [1.165, 1.54) is 12.1 Å². The smallest absolute Gasteiger partial charge is 0.166 e. The van der Waals surface area contributed by atoms with Gasteiger partial charge in [0.1, 0.15) is 0 Å². The van der Waals surface area contributed by atoms with Crippen molar-refractivity contribution < 1.29 is 13.2 Å². The third-order valence-electron chi connectivity index (χ3n) is 3.85. The molecular formula is C20H14ClF3. The standard InChI is InChI=1S/C20H14ClF3/c1-13-7-9-17(19(21)11-13)15-8-10-16(14-5-3-2-4-6-14)18(12-15)20(22,23)24/h2-12H,1H3. The molecule has 0 atom stereocenters. The van der Waals surface area contributed by atoms with Crippen molar-refractivity contribution in [2.75, 3.05) is 0 Å². The highest BCUT2D eigenvalue weighted by Gasteiger charge is 2.34. The topological polar surface area (TPSA) is 0 Å². The summed E-state index contributed by atoms with van der Waals surface area (Å²) in [5.74, 6) is 0. The van der Waals surface area contributed by atoms with Crippen LogP contribution in [-0.4, -0.2) is 0 Å². The molecule has 0 fully saturated rings. The zero-order valence-corrected chi connectivity index (χ0v) is 13.6. The van der Waals surface area contributed by atoms with Crippen LogP contribution in [0, 0.1) is 6.92 Å². The molecule has 0 saturated heterocycles. The molecule has 0 saturated carbocycles. The third-order valence-corrected chi connectivity index (χ3v) is 4.16. The Bertz CT molecular complexity index is 868. The van der Waals surface area contributed by atoms with Crippen molar-refractivity contribution in [1.29, 1.82) is 0 Å². The predicted molar refractivity (Wildman–Crippen MR) is 92.1 cm³/mol. The summed E-state index contributed by atoms with van der Waals surface area (Å²) in [6.07, 6.45) is -4.45. The van der Waals surface area contributed by atoms with E-state index in [4.69, 9.17) is 11.6 Å². The Kier molecular flexibility index (Phi) is 4.37. The quantitative estimate of drug-likeness (QED) is 0.468. The summed E-state index contributed by atoms with van der Waals surface area (Å²) in [5, 5.41) is 0.440. The summed E-state index contributed by atoms with van der Waals surface area (Å²) < 4.78 is 40.7. The summed E-state index contributed by atoms with van der Waals surface area (Å²) >= 11 is 6.21. The van der Waals surface area contributed by atoms with E-state index in [0.717, 1.165) is 5.56 Å². The van der Waals surface area contributed by atoms with Gasteiger partial charge in [0.15, 0.2) is 0 Å². The second kappa shape index (κ2) is 6.33. The number of hydrogen-bond acceptors (Lipinski definition) is 0. The molecule has 122 valence electrons. The fourth-order valence-corrected chi connectivity index (χ4v) is 3.01. The van der Waals surface area contributed by atoms with Crippen molar-refractivity contribution in [3.05, 3.63) is 82.9 Å². The van der Waals surface area contributed by atoms with Gasteiger partial charge in [-0.15, -0.1) is 0 Å². The van der Waals surface area contributed by atoms with E-state index in [0.29, 0.717) is 21.7 Å². The zero-order valence-electron chi connectivity index (χ0n) is 12.9. The van der Waals surface area contributed by atoms with Gasteiger partial charge in [0.2, 0.25) is 0 Å². The Morgan fingerprint density at radius 2 is 1.42 bits per heavy atom. The maximum Gasteiger partial charge on any atom is 0.417 e. The Hall–Kier alpha value is -2.26. The average molecular weight is 347 g/mol.